The molecule has 0 amide bonds. The van der Waals surface area contributed by atoms with Gasteiger partial charge < -0.3 is 4.74 Å². The van der Waals surface area contributed by atoms with Crippen molar-refractivity contribution in [1.29, 1.82) is 0 Å². The Balaban J connectivity index is 2.20. The predicted octanol–water partition coefficient (Wildman–Crippen LogP) is 4.93. The molecule has 98 valence electrons. The Morgan fingerprint density at radius 3 is 2.72 bits per heavy atom. The van der Waals surface area contributed by atoms with Crippen molar-refractivity contribution < 1.29 is 4.74 Å². The first-order valence-electron chi connectivity index (χ1n) is 6.48. The maximum Gasteiger partial charge on any atom is 0.135 e. The minimum Gasteiger partial charge on any atom is -0.485 e. The lowest BCUT2D eigenvalue weighted by Gasteiger charge is -2.46. The summed E-state index contributed by atoms with van der Waals surface area (Å²) in [6.45, 7) is 6.84. The van der Waals surface area contributed by atoms with E-state index in [4.69, 9.17) is 4.74 Å². The Labute approximate surface area is 126 Å². The van der Waals surface area contributed by atoms with E-state index in [1.807, 2.05) is 0 Å². The van der Waals surface area contributed by atoms with Crippen LogP contribution in [0.5, 0.6) is 5.75 Å². The third-order valence-corrected chi connectivity index (χ3v) is 6.70. The summed E-state index contributed by atoms with van der Waals surface area (Å²) in [6, 6.07) is 6.64. The molecule has 3 atom stereocenters. The maximum atomic E-state index is 6.44. The first-order chi connectivity index (χ1) is 8.40. The standard InChI is InChI=1S/C15H18Br2O/c1-9-4-5-11-12(8-9)18-15(13(16)17)7-6-14(11,3)10(15)2/h4-5,8,10,13H,6-7H2,1-3H3/t10-,14-,15-/m1/s1. The molecule has 0 unspecified atom stereocenters. The Morgan fingerprint density at radius 2 is 2.06 bits per heavy atom. The molecule has 3 rings (SSSR count). The molecule has 2 bridgehead atoms. The number of hydrogen-bond donors (Lipinski definition) is 0. The molecule has 1 aliphatic carbocycles. The molecule has 0 saturated heterocycles. The van der Waals surface area contributed by atoms with Gasteiger partial charge >= 0.3 is 0 Å². The van der Waals surface area contributed by atoms with Crippen LogP contribution in [0.25, 0.3) is 0 Å². The summed E-state index contributed by atoms with van der Waals surface area (Å²) in [5.74, 6) is 1.58. The lowest BCUT2D eigenvalue weighted by Crippen LogP contribution is -2.51. The van der Waals surface area contributed by atoms with Crippen molar-refractivity contribution in [2.75, 3.05) is 0 Å². The van der Waals surface area contributed by atoms with Crippen molar-refractivity contribution in [3.05, 3.63) is 29.3 Å². The Morgan fingerprint density at radius 1 is 1.33 bits per heavy atom. The van der Waals surface area contributed by atoms with Crippen LogP contribution in [-0.2, 0) is 5.41 Å². The van der Waals surface area contributed by atoms with Gasteiger partial charge in [-0.25, -0.2) is 0 Å². The lowest BCUT2D eigenvalue weighted by atomic mass is 9.70. The van der Waals surface area contributed by atoms with Crippen LogP contribution in [0.3, 0.4) is 0 Å². The van der Waals surface area contributed by atoms with Crippen molar-refractivity contribution in [3.8, 4) is 5.75 Å². The molecule has 1 aromatic rings. The average molecular weight is 374 g/mol. The zero-order chi connectivity index (χ0) is 13.1. The summed E-state index contributed by atoms with van der Waals surface area (Å²) < 4.78 is 6.63. The highest BCUT2D eigenvalue weighted by Gasteiger charge is 2.61. The quantitative estimate of drug-likeness (QED) is 0.634. The van der Waals surface area contributed by atoms with E-state index in [9.17, 15) is 0 Å². The normalized spacial score (nSPS) is 37.6. The summed E-state index contributed by atoms with van der Waals surface area (Å²) in [4.78, 5) is 0. The van der Waals surface area contributed by atoms with Crippen LogP contribution in [0.15, 0.2) is 18.2 Å². The number of hydrogen-bond acceptors (Lipinski definition) is 1. The van der Waals surface area contributed by atoms with Gasteiger partial charge in [0.15, 0.2) is 0 Å². The molecule has 0 aromatic heterocycles. The van der Waals surface area contributed by atoms with Gasteiger partial charge in [0, 0.05) is 16.9 Å². The first-order valence-corrected chi connectivity index (χ1v) is 8.31. The maximum absolute atomic E-state index is 6.44. The number of ether oxygens (including phenoxy) is 1. The van der Waals surface area contributed by atoms with Crippen molar-refractivity contribution in [3.63, 3.8) is 0 Å². The fourth-order valence-electron chi connectivity index (χ4n) is 3.67. The van der Waals surface area contributed by atoms with E-state index in [2.05, 4.69) is 70.8 Å². The Hall–Kier alpha value is -0.0200. The second-order valence-electron chi connectivity index (χ2n) is 6.00. The Bertz CT molecular complexity index is 499. The van der Waals surface area contributed by atoms with Gasteiger partial charge in [-0.1, -0.05) is 57.8 Å². The highest BCUT2D eigenvalue weighted by Crippen LogP contribution is 2.61. The molecule has 0 radical (unpaired) electrons. The fraction of sp³-hybridized carbons (Fsp3) is 0.600. The number of aryl methyl sites for hydroxylation is 1. The summed E-state index contributed by atoms with van der Waals surface area (Å²) in [6.07, 6.45) is 2.29. The van der Waals surface area contributed by atoms with Gasteiger partial charge in [0.25, 0.3) is 0 Å². The SMILES string of the molecule is Cc1ccc2c(c1)O[C@]1(C(Br)Br)CC[C@]2(C)[C@H]1C. The van der Waals surface area contributed by atoms with Gasteiger partial charge in [0.2, 0.25) is 0 Å². The molecule has 18 heavy (non-hydrogen) atoms. The number of benzene rings is 1. The molecular weight excluding hydrogens is 356 g/mol. The molecule has 1 aromatic carbocycles. The molecule has 2 aliphatic rings. The predicted molar refractivity (Wildman–Crippen MR) is 81.9 cm³/mol. The largest absolute Gasteiger partial charge is 0.485 e. The van der Waals surface area contributed by atoms with E-state index < -0.39 is 0 Å². The highest BCUT2D eigenvalue weighted by molar-refractivity contribution is 9.24. The number of fused-ring (bicyclic) bond motifs is 4. The molecular formula is C15H18Br2O. The molecule has 1 saturated carbocycles. The van der Waals surface area contributed by atoms with E-state index in [-0.39, 0.29) is 14.8 Å². The third-order valence-electron chi connectivity index (χ3n) is 5.15. The van der Waals surface area contributed by atoms with Crippen LogP contribution < -0.4 is 4.74 Å². The minimum atomic E-state index is -0.116. The molecule has 1 fully saturated rings. The van der Waals surface area contributed by atoms with Crippen LogP contribution in [0.4, 0.5) is 0 Å². The number of halogens is 2. The summed E-state index contributed by atoms with van der Waals surface area (Å²) in [5, 5.41) is 0. The van der Waals surface area contributed by atoms with Gasteiger partial charge in [0.1, 0.15) is 15.1 Å². The van der Waals surface area contributed by atoms with E-state index in [1.54, 1.807) is 0 Å². The Kier molecular flexibility index (Phi) is 2.88. The van der Waals surface area contributed by atoms with Crippen LogP contribution in [-0.4, -0.2) is 9.34 Å². The average Bonchev–Trinajstić information content (AvgIpc) is 2.50. The lowest BCUT2D eigenvalue weighted by molar-refractivity contribution is 0.0218. The number of alkyl halides is 2. The van der Waals surface area contributed by atoms with E-state index in [1.165, 1.54) is 17.5 Å². The van der Waals surface area contributed by atoms with E-state index in [0.29, 0.717) is 5.92 Å². The van der Waals surface area contributed by atoms with Crippen LogP contribution in [0.1, 0.15) is 37.8 Å². The molecule has 3 heteroatoms. The monoisotopic (exact) mass is 372 g/mol. The van der Waals surface area contributed by atoms with E-state index in [0.717, 1.165) is 12.2 Å². The van der Waals surface area contributed by atoms with Crippen molar-refractivity contribution in [2.45, 2.75) is 48.4 Å². The van der Waals surface area contributed by atoms with Crippen LogP contribution >= 0.6 is 31.9 Å². The molecule has 1 aliphatic heterocycles. The van der Waals surface area contributed by atoms with Gasteiger partial charge in [-0.15, -0.1) is 0 Å². The van der Waals surface area contributed by atoms with Gasteiger partial charge in [0.05, 0.1) is 0 Å². The zero-order valence-electron chi connectivity index (χ0n) is 11.0. The number of rotatable bonds is 1. The minimum absolute atomic E-state index is 0.116. The summed E-state index contributed by atoms with van der Waals surface area (Å²) in [5.41, 5.74) is 2.77. The van der Waals surface area contributed by atoms with Gasteiger partial charge in [-0.3, -0.25) is 0 Å². The summed E-state index contributed by atoms with van der Waals surface area (Å²) >= 11 is 7.41. The van der Waals surface area contributed by atoms with Crippen LogP contribution in [0, 0.1) is 12.8 Å². The summed E-state index contributed by atoms with van der Waals surface area (Å²) in [7, 11) is 0. The van der Waals surface area contributed by atoms with E-state index >= 15 is 0 Å². The highest BCUT2D eigenvalue weighted by atomic mass is 79.9. The molecule has 1 nitrogen and oxygen atoms in total. The van der Waals surface area contributed by atoms with Gasteiger partial charge in [-0.2, -0.15) is 0 Å². The second-order valence-corrected chi connectivity index (χ2v) is 9.06. The topological polar surface area (TPSA) is 9.23 Å². The second kappa shape index (κ2) is 3.99. The molecule has 0 N–H and O–H groups in total. The third kappa shape index (κ3) is 1.49. The van der Waals surface area contributed by atoms with Gasteiger partial charge in [-0.05, 0) is 31.4 Å². The molecule has 1 heterocycles. The van der Waals surface area contributed by atoms with Crippen molar-refractivity contribution in [2.24, 2.45) is 5.92 Å². The zero-order valence-corrected chi connectivity index (χ0v) is 14.1. The smallest absolute Gasteiger partial charge is 0.135 e. The fourth-order valence-corrected chi connectivity index (χ4v) is 5.11. The molecule has 0 spiro atoms. The van der Waals surface area contributed by atoms with Crippen molar-refractivity contribution in [1.82, 2.24) is 0 Å². The van der Waals surface area contributed by atoms with Crippen LogP contribution in [0.2, 0.25) is 0 Å². The van der Waals surface area contributed by atoms with Crippen molar-refractivity contribution >= 4 is 31.9 Å². The first kappa shape index (κ1) is 13.0.